The summed E-state index contributed by atoms with van der Waals surface area (Å²) < 4.78 is 2.35. The van der Waals surface area contributed by atoms with Gasteiger partial charge in [-0.05, 0) is 76.6 Å². The minimum absolute atomic E-state index is 1.12. The number of nitrogens with zero attached hydrogens (tertiary/aromatic N) is 1. The Kier molecular flexibility index (Phi) is 6.03. The van der Waals surface area contributed by atoms with Crippen LogP contribution in [0.4, 0.5) is 0 Å². The summed E-state index contributed by atoms with van der Waals surface area (Å²) in [6.45, 7) is 0. The van der Waals surface area contributed by atoms with Gasteiger partial charge in [-0.15, -0.1) is 0 Å². The molecule has 0 spiro atoms. The molecule has 1 heteroatoms. The van der Waals surface area contributed by atoms with Crippen LogP contribution in [0.5, 0.6) is 0 Å². The van der Waals surface area contributed by atoms with Crippen molar-refractivity contribution in [3.05, 3.63) is 156 Å². The van der Waals surface area contributed by atoms with E-state index in [2.05, 4.69) is 156 Å². The van der Waals surface area contributed by atoms with Crippen LogP contribution < -0.4 is 0 Å². The Morgan fingerprint density at radius 2 is 1.18 bits per heavy atom. The molecule has 0 saturated carbocycles. The lowest BCUT2D eigenvalue weighted by molar-refractivity contribution is 1.05. The summed E-state index contributed by atoms with van der Waals surface area (Å²) in [5, 5.41) is 2.55. The fourth-order valence-electron chi connectivity index (χ4n) is 5.65. The van der Waals surface area contributed by atoms with Gasteiger partial charge in [0, 0.05) is 16.5 Å². The van der Waals surface area contributed by atoms with E-state index in [0.29, 0.717) is 0 Å². The largest absolute Gasteiger partial charge is 0.309 e. The molecule has 0 atom stereocenters. The van der Waals surface area contributed by atoms with Crippen molar-refractivity contribution in [2.45, 2.75) is 12.8 Å². The normalized spacial score (nSPS) is 13.4. The third-order valence-corrected chi connectivity index (χ3v) is 7.69. The molecule has 7 rings (SSSR count). The highest BCUT2D eigenvalue weighted by Gasteiger charge is 2.11. The first kappa shape index (κ1) is 23.3. The Hall–Kier alpha value is -4.88. The van der Waals surface area contributed by atoms with E-state index in [4.69, 9.17) is 0 Å². The highest BCUT2D eigenvalue weighted by atomic mass is 15.0. The molecule has 0 N–H and O–H groups in total. The van der Waals surface area contributed by atoms with Gasteiger partial charge in [-0.1, -0.05) is 121 Å². The fraction of sp³-hybridized carbons (Fsp3) is 0.0526. The lowest BCUT2D eigenvalue weighted by atomic mass is 9.95. The number of para-hydroxylation sites is 2. The molecular weight excluding hydrogens is 470 g/mol. The average molecular weight is 500 g/mol. The van der Waals surface area contributed by atoms with E-state index in [0.717, 1.165) is 12.8 Å². The van der Waals surface area contributed by atoms with Crippen molar-refractivity contribution in [3.63, 3.8) is 0 Å². The summed E-state index contributed by atoms with van der Waals surface area (Å²) in [6, 6.07) is 43.8. The van der Waals surface area contributed by atoms with Crippen LogP contribution in [0.3, 0.4) is 0 Å². The van der Waals surface area contributed by atoms with Gasteiger partial charge in [0.05, 0.1) is 11.0 Å². The first-order valence-corrected chi connectivity index (χ1v) is 13.7. The molecule has 0 amide bonds. The molecule has 0 unspecified atom stereocenters. The van der Waals surface area contributed by atoms with Gasteiger partial charge in [-0.25, -0.2) is 0 Å². The van der Waals surface area contributed by atoms with Gasteiger partial charge in [0.25, 0.3) is 0 Å². The van der Waals surface area contributed by atoms with Crippen LogP contribution in [0.15, 0.2) is 140 Å². The third-order valence-electron chi connectivity index (χ3n) is 7.69. The van der Waals surface area contributed by atoms with Crippen LogP contribution in [0.2, 0.25) is 0 Å². The molecule has 5 aromatic carbocycles. The molecule has 1 heterocycles. The molecule has 6 aromatic rings. The van der Waals surface area contributed by atoms with E-state index in [1.807, 2.05) is 0 Å². The van der Waals surface area contributed by atoms with Crippen molar-refractivity contribution < 1.29 is 0 Å². The highest BCUT2D eigenvalue weighted by molar-refractivity contribution is 6.10. The topological polar surface area (TPSA) is 4.93 Å². The molecule has 1 aliphatic carbocycles. The smallest absolute Gasteiger partial charge is 0.0541 e. The summed E-state index contributed by atoms with van der Waals surface area (Å²) in [6.07, 6.45) is 13.3. The van der Waals surface area contributed by atoms with Crippen molar-refractivity contribution in [3.8, 4) is 16.8 Å². The zero-order valence-electron chi connectivity index (χ0n) is 21.8. The van der Waals surface area contributed by atoms with E-state index in [1.165, 1.54) is 60.9 Å². The third kappa shape index (κ3) is 4.53. The van der Waals surface area contributed by atoms with Gasteiger partial charge >= 0.3 is 0 Å². The van der Waals surface area contributed by atoms with Crippen LogP contribution in [-0.4, -0.2) is 4.57 Å². The number of allylic oxidation sites excluding steroid dienone is 4. The van der Waals surface area contributed by atoms with Crippen molar-refractivity contribution in [1.29, 1.82) is 0 Å². The summed E-state index contributed by atoms with van der Waals surface area (Å²) >= 11 is 0. The molecule has 0 aliphatic heterocycles. The highest BCUT2D eigenvalue weighted by Crippen LogP contribution is 2.33. The van der Waals surface area contributed by atoms with Crippen molar-refractivity contribution in [1.82, 2.24) is 4.57 Å². The molecule has 1 aliphatic rings. The zero-order valence-corrected chi connectivity index (χ0v) is 21.8. The van der Waals surface area contributed by atoms with Crippen molar-refractivity contribution >= 4 is 39.5 Å². The molecule has 0 radical (unpaired) electrons. The summed E-state index contributed by atoms with van der Waals surface area (Å²) in [5.74, 6) is 0. The number of rotatable bonds is 5. The Bertz CT molecular complexity index is 1860. The number of aromatic nitrogens is 1. The number of fused-ring (bicyclic) bond motifs is 3. The van der Waals surface area contributed by atoms with Crippen molar-refractivity contribution in [2.75, 3.05) is 0 Å². The molecule has 0 saturated heterocycles. The first-order valence-electron chi connectivity index (χ1n) is 13.7. The zero-order chi connectivity index (χ0) is 26.0. The quantitative estimate of drug-likeness (QED) is 0.208. The van der Waals surface area contributed by atoms with Crippen LogP contribution >= 0.6 is 0 Å². The molecule has 186 valence electrons. The standard InChI is InChI=1S/C38H29N/c1-3-9-30(10-4-1)32-22-24-33(25-23-32)31-20-17-28(18-21-31)15-16-29-19-26-38-36(27-29)35-13-7-8-14-37(35)39(38)34-11-5-2-6-12-34/h1-3,5-9,11-27H,4,10H2/b16-15+. The number of hydrogen-bond donors (Lipinski definition) is 0. The second-order valence-corrected chi connectivity index (χ2v) is 10.2. The second kappa shape index (κ2) is 10.1. The van der Waals surface area contributed by atoms with E-state index < -0.39 is 0 Å². The predicted molar refractivity (Wildman–Crippen MR) is 168 cm³/mol. The SMILES string of the molecule is C1=CCCC(c2ccc(-c3ccc(/C=C/c4ccc5c(c4)c4ccccc4n5-c4ccccc4)cc3)cc2)=C1. The Morgan fingerprint density at radius 3 is 1.95 bits per heavy atom. The van der Waals surface area contributed by atoms with Gasteiger partial charge in [-0.3, -0.25) is 0 Å². The van der Waals surface area contributed by atoms with Crippen LogP contribution in [-0.2, 0) is 0 Å². The number of hydrogen-bond acceptors (Lipinski definition) is 0. The Labute approximate surface area is 229 Å². The second-order valence-electron chi connectivity index (χ2n) is 10.2. The maximum atomic E-state index is 2.35. The van der Waals surface area contributed by atoms with Gasteiger partial charge < -0.3 is 4.57 Å². The van der Waals surface area contributed by atoms with Gasteiger partial charge in [-0.2, -0.15) is 0 Å². The lowest BCUT2D eigenvalue weighted by Crippen LogP contribution is -1.92. The van der Waals surface area contributed by atoms with Crippen LogP contribution in [0, 0.1) is 0 Å². The monoisotopic (exact) mass is 499 g/mol. The molecule has 39 heavy (non-hydrogen) atoms. The van der Waals surface area contributed by atoms with Crippen LogP contribution in [0.1, 0.15) is 29.5 Å². The van der Waals surface area contributed by atoms with Crippen molar-refractivity contribution in [2.24, 2.45) is 0 Å². The van der Waals surface area contributed by atoms with Gasteiger partial charge in [0.15, 0.2) is 0 Å². The Morgan fingerprint density at radius 1 is 0.538 bits per heavy atom. The maximum Gasteiger partial charge on any atom is 0.0541 e. The molecule has 0 bridgehead atoms. The fourth-order valence-corrected chi connectivity index (χ4v) is 5.65. The summed E-state index contributed by atoms with van der Waals surface area (Å²) in [5.41, 5.74) is 11.3. The summed E-state index contributed by atoms with van der Waals surface area (Å²) in [4.78, 5) is 0. The van der Waals surface area contributed by atoms with Crippen LogP contribution in [0.25, 0.3) is 56.3 Å². The molecule has 1 aromatic heterocycles. The van der Waals surface area contributed by atoms with Gasteiger partial charge in [0.1, 0.15) is 0 Å². The van der Waals surface area contributed by atoms with E-state index in [-0.39, 0.29) is 0 Å². The maximum absolute atomic E-state index is 2.35. The summed E-state index contributed by atoms with van der Waals surface area (Å²) in [7, 11) is 0. The van der Waals surface area contributed by atoms with E-state index in [1.54, 1.807) is 0 Å². The van der Waals surface area contributed by atoms with Gasteiger partial charge in [0.2, 0.25) is 0 Å². The van der Waals surface area contributed by atoms with E-state index in [9.17, 15) is 0 Å². The predicted octanol–water partition coefficient (Wildman–Crippen LogP) is 10.4. The number of benzene rings is 5. The first-order chi connectivity index (χ1) is 19.3. The Balaban J connectivity index is 1.15. The van der Waals surface area contributed by atoms with E-state index >= 15 is 0 Å². The minimum Gasteiger partial charge on any atom is -0.309 e. The molecule has 1 nitrogen and oxygen atoms in total. The molecular formula is C38H29N. The molecule has 0 fully saturated rings. The minimum atomic E-state index is 1.12. The lowest BCUT2D eigenvalue weighted by Gasteiger charge is -2.10. The average Bonchev–Trinajstić information content (AvgIpc) is 3.35.